The van der Waals surface area contributed by atoms with Crippen LogP contribution < -0.4 is 4.74 Å². The Kier molecular flexibility index (Phi) is 9.70. The van der Waals surface area contributed by atoms with Gasteiger partial charge in [0.25, 0.3) is 0 Å². The van der Waals surface area contributed by atoms with Crippen LogP contribution in [0.15, 0.2) is 90.3 Å². The van der Waals surface area contributed by atoms with Crippen molar-refractivity contribution in [1.29, 1.82) is 0 Å². The normalized spacial score (nSPS) is 11.7. The Bertz CT molecular complexity index is 1020. The summed E-state index contributed by atoms with van der Waals surface area (Å²) in [5.41, 5.74) is 1.34. The second-order valence-corrected chi connectivity index (χ2v) is 9.00. The maximum atomic E-state index is 6.56. The lowest BCUT2D eigenvalue weighted by molar-refractivity contribution is 0.176. The van der Waals surface area contributed by atoms with Crippen molar-refractivity contribution in [1.82, 2.24) is 4.90 Å². The molecule has 0 aliphatic heterocycles. The first-order chi connectivity index (χ1) is 15.2. The lowest BCUT2D eigenvalue weighted by Gasteiger charge is -2.23. The molecule has 2 nitrogen and oxygen atoms in total. The number of thiophene rings is 1. The fraction of sp³-hybridized carbons (Fsp3) is 0.231. The molecule has 0 saturated heterocycles. The number of hydrogen-bond donors (Lipinski definition) is 0. The van der Waals surface area contributed by atoms with Gasteiger partial charge in [-0.05, 0) is 35.5 Å². The third-order valence-electron chi connectivity index (χ3n) is 4.95. The van der Waals surface area contributed by atoms with Crippen LogP contribution in [-0.4, -0.2) is 23.8 Å². The van der Waals surface area contributed by atoms with Gasteiger partial charge >= 0.3 is 0 Å². The number of fused-ring (bicyclic) bond motifs is 1. The topological polar surface area (TPSA) is 12.5 Å². The molecule has 4 rings (SSSR count). The Hall–Kier alpha value is -2.04. The first kappa shape index (κ1) is 23.6. The fourth-order valence-corrected chi connectivity index (χ4v) is 4.29. The predicted octanol–water partition coefficient (Wildman–Crippen LogP) is 7.97. The zero-order valence-corrected chi connectivity index (χ0v) is 19.9. The van der Waals surface area contributed by atoms with Crippen LogP contribution in [0.1, 0.15) is 23.0 Å². The second kappa shape index (κ2) is 12.7. The molecule has 3 aromatic carbocycles. The van der Waals surface area contributed by atoms with E-state index in [1.54, 1.807) is 11.3 Å². The van der Waals surface area contributed by atoms with Gasteiger partial charge in [0.05, 0.1) is 5.34 Å². The summed E-state index contributed by atoms with van der Waals surface area (Å²) in [7, 11) is 2.18. The lowest BCUT2D eigenvalue weighted by Crippen LogP contribution is -2.22. The molecule has 1 heterocycles. The molecule has 0 fully saturated rings. The molecule has 0 aliphatic rings. The van der Waals surface area contributed by atoms with Crippen LogP contribution in [0.5, 0.6) is 5.75 Å². The van der Waals surface area contributed by atoms with Crippen LogP contribution in [0.25, 0.3) is 10.8 Å². The molecule has 0 spiro atoms. The van der Waals surface area contributed by atoms with E-state index >= 15 is 0 Å². The van der Waals surface area contributed by atoms with Crippen molar-refractivity contribution in [2.45, 2.75) is 19.1 Å². The highest BCUT2D eigenvalue weighted by molar-refractivity contribution is 7.10. The average Bonchev–Trinajstić information content (AvgIpc) is 3.33. The van der Waals surface area contributed by atoms with E-state index in [9.17, 15) is 0 Å². The standard InChI is InChI=1S/C25H25NOS.CH2Cl2/c1-26(19-20-9-3-2-4-10-20)17-16-24(25-15-8-18-28-25)27-23-14-7-12-21-11-5-6-13-22(21)23;2-1-3/h2-15,18,24H,16-17,19H2,1H3;1H2/t24-;/m0./s1. The van der Waals surface area contributed by atoms with Gasteiger partial charge in [-0.15, -0.1) is 34.5 Å². The molecule has 1 aromatic heterocycles. The van der Waals surface area contributed by atoms with E-state index in [0.717, 1.165) is 25.3 Å². The zero-order chi connectivity index (χ0) is 21.9. The first-order valence-electron chi connectivity index (χ1n) is 10.2. The van der Waals surface area contributed by atoms with Gasteiger partial charge in [-0.25, -0.2) is 0 Å². The molecule has 0 aliphatic carbocycles. The van der Waals surface area contributed by atoms with Gasteiger partial charge in [0.15, 0.2) is 0 Å². The van der Waals surface area contributed by atoms with E-state index in [4.69, 9.17) is 27.9 Å². The number of ether oxygens (including phenoxy) is 1. The molecule has 1 atom stereocenters. The molecule has 31 heavy (non-hydrogen) atoms. The van der Waals surface area contributed by atoms with Crippen LogP contribution in [-0.2, 0) is 6.54 Å². The minimum Gasteiger partial charge on any atom is -0.484 e. The summed E-state index contributed by atoms with van der Waals surface area (Å²) in [4.78, 5) is 3.64. The van der Waals surface area contributed by atoms with E-state index in [-0.39, 0.29) is 11.4 Å². The number of halogens is 2. The lowest BCUT2D eigenvalue weighted by atomic mass is 10.1. The Morgan fingerprint density at radius 3 is 2.32 bits per heavy atom. The zero-order valence-electron chi connectivity index (χ0n) is 17.6. The highest BCUT2D eigenvalue weighted by Crippen LogP contribution is 2.33. The fourth-order valence-electron chi connectivity index (χ4n) is 3.50. The summed E-state index contributed by atoms with van der Waals surface area (Å²) in [6, 6.07) is 29.6. The van der Waals surface area contributed by atoms with E-state index in [2.05, 4.69) is 102 Å². The van der Waals surface area contributed by atoms with Crippen molar-refractivity contribution in [3.05, 3.63) is 101 Å². The first-order valence-corrected chi connectivity index (χ1v) is 12.2. The SMILES string of the molecule is CN(CC[C@H](Oc1cccc2ccccc12)c1cccs1)Cc1ccccc1.ClCCl. The predicted molar refractivity (Wildman–Crippen MR) is 136 cm³/mol. The van der Waals surface area contributed by atoms with Crippen LogP contribution >= 0.6 is 34.5 Å². The minimum atomic E-state index is 0.0593. The van der Waals surface area contributed by atoms with Gasteiger partial charge < -0.3 is 9.64 Å². The summed E-state index contributed by atoms with van der Waals surface area (Å²) in [6.07, 6.45) is 1.01. The summed E-state index contributed by atoms with van der Waals surface area (Å²) >= 11 is 11.3. The maximum Gasteiger partial charge on any atom is 0.134 e. The van der Waals surface area contributed by atoms with Crippen LogP contribution in [0.4, 0.5) is 0 Å². The Labute approximate surface area is 199 Å². The van der Waals surface area contributed by atoms with Crippen molar-refractivity contribution < 1.29 is 4.74 Å². The Balaban J connectivity index is 0.000000858. The highest BCUT2D eigenvalue weighted by atomic mass is 35.5. The number of rotatable bonds is 8. The molecule has 0 unspecified atom stereocenters. The number of hydrogen-bond acceptors (Lipinski definition) is 3. The van der Waals surface area contributed by atoms with Gasteiger partial charge in [0.2, 0.25) is 0 Å². The molecule has 0 saturated carbocycles. The third-order valence-corrected chi connectivity index (χ3v) is 5.91. The largest absolute Gasteiger partial charge is 0.484 e. The molecule has 0 bridgehead atoms. The highest BCUT2D eigenvalue weighted by Gasteiger charge is 2.17. The Morgan fingerprint density at radius 1 is 0.871 bits per heavy atom. The second-order valence-electron chi connectivity index (χ2n) is 7.21. The van der Waals surface area contributed by atoms with E-state index in [0.29, 0.717) is 0 Å². The molecule has 5 heteroatoms. The maximum absolute atomic E-state index is 6.56. The monoisotopic (exact) mass is 471 g/mol. The minimum absolute atomic E-state index is 0.0593. The molecule has 4 aromatic rings. The van der Waals surface area contributed by atoms with Crippen LogP contribution in [0, 0.1) is 0 Å². The summed E-state index contributed by atoms with van der Waals surface area (Å²) in [6.45, 7) is 1.93. The van der Waals surface area contributed by atoms with Gasteiger partial charge in [-0.3, -0.25) is 0 Å². The molecule has 162 valence electrons. The number of alkyl halides is 2. The summed E-state index contributed by atoms with van der Waals surface area (Å²) in [5.74, 6) is 0.960. The van der Waals surface area contributed by atoms with Gasteiger partial charge in [-0.1, -0.05) is 72.8 Å². The van der Waals surface area contributed by atoms with Crippen molar-refractivity contribution in [3.63, 3.8) is 0 Å². The van der Waals surface area contributed by atoms with Crippen LogP contribution in [0.2, 0.25) is 0 Å². The van der Waals surface area contributed by atoms with Crippen molar-refractivity contribution in [2.75, 3.05) is 18.9 Å². The summed E-state index contributed by atoms with van der Waals surface area (Å²) < 4.78 is 6.56. The smallest absolute Gasteiger partial charge is 0.134 e. The van der Waals surface area contributed by atoms with Crippen molar-refractivity contribution in [2.24, 2.45) is 0 Å². The van der Waals surface area contributed by atoms with Crippen LogP contribution in [0.3, 0.4) is 0 Å². The quantitative estimate of drug-likeness (QED) is 0.241. The number of nitrogens with zero attached hydrogens (tertiary/aromatic N) is 1. The third kappa shape index (κ3) is 7.26. The van der Waals surface area contributed by atoms with Gasteiger partial charge in [0.1, 0.15) is 11.9 Å². The molecular formula is C26H27Cl2NOS. The summed E-state index contributed by atoms with van der Waals surface area (Å²) in [5, 5.41) is 4.71. The van der Waals surface area contributed by atoms with Crippen molar-refractivity contribution in [3.8, 4) is 5.75 Å². The average molecular weight is 472 g/mol. The van der Waals surface area contributed by atoms with Gasteiger partial charge in [-0.2, -0.15) is 0 Å². The Morgan fingerprint density at radius 2 is 1.58 bits per heavy atom. The number of benzene rings is 3. The van der Waals surface area contributed by atoms with Crippen molar-refractivity contribution >= 4 is 45.3 Å². The van der Waals surface area contributed by atoms with E-state index < -0.39 is 0 Å². The molecule has 0 radical (unpaired) electrons. The molecular weight excluding hydrogens is 445 g/mol. The van der Waals surface area contributed by atoms with Gasteiger partial charge in [0, 0.05) is 29.8 Å². The molecule has 0 amide bonds. The van der Waals surface area contributed by atoms with E-state index in [1.165, 1.54) is 21.2 Å². The van der Waals surface area contributed by atoms with E-state index in [1.807, 2.05) is 0 Å². The molecule has 0 N–H and O–H groups in total.